The van der Waals surface area contributed by atoms with E-state index in [1.165, 1.54) is 4.31 Å². The lowest BCUT2D eigenvalue weighted by atomic mass is 10.2. The Labute approximate surface area is 98.2 Å². The second-order valence-corrected chi connectivity index (χ2v) is 6.28. The molecule has 0 saturated heterocycles. The molecule has 0 amide bonds. The van der Waals surface area contributed by atoms with E-state index in [2.05, 4.69) is 4.72 Å². The lowest BCUT2D eigenvalue weighted by Crippen LogP contribution is -2.43. The molecule has 1 unspecified atom stereocenters. The minimum atomic E-state index is -3.37. The highest BCUT2D eigenvalue weighted by Crippen LogP contribution is 2.06. The fourth-order valence-electron chi connectivity index (χ4n) is 0.990. The average Bonchev–Trinajstić information content (AvgIpc) is 2.14. The molecule has 0 aliphatic carbocycles. The number of rotatable bonds is 7. The number of hydrogen-bond donors (Lipinski definition) is 1. The highest BCUT2D eigenvalue weighted by molar-refractivity contribution is 7.87. The van der Waals surface area contributed by atoms with Gasteiger partial charge in [-0.2, -0.15) is 12.7 Å². The van der Waals surface area contributed by atoms with Crippen LogP contribution in [0, 0.1) is 0 Å². The van der Waals surface area contributed by atoms with Crippen LogP contribution >= 0.6 is 11.6 Å². The van der Waals surface area contributed by atoms with E-state index in [1.807, 2.05) is 20.8 Å². The molecule has 0 spiro atoms. The first kappa shape index (κ1) is 15.2. The van der Waals surface area contributed by atoms with Crippen LogP contribution in [0.4, 0.5) is 0 Å². The summed E-state index contributed by atoms with van der Waals surface area (Å²) in [6, 6.07) is -0.0533. The molecule has 0 aromatic carbocycles. The molecular weight excluding hydrogens is 236 g/mol. The van der Waals surface area contributed by atoms with E-state index >= 15 is 0 Å². The summed E-state index contributed by atoms with van der Waals surface area (Å²) in [4.78, 5) is 0. The number of nitrogens with one attached hydrogen (secondary N) is 1. The zero-order chi connectivity index (χ0) is 12.1. The highest BCUT2D eigenvalue weighted by atomic mass is 35.5. The van der Waals surface area contributed by atoms with E-state index in [0.29, 0.717) is 0 Å². The highest BCUT2D eigenvalue weighted by Gasteiger charge is 2.20. The zero-order valence-electron chi connectivity index (χ0n) is 9.83. The van der Waals surface area contributed by atoms with Gasteiger partial charge >= 0.3 is 0 Å². The van der Waals surface area contributed by atoms with Gasteiger partial charge in [0.2, 0.25) is 0 Å². The van der Waals surface area contributed by atoms with Crippen LogP contribution in [0.5, 0.6) is 0 Å². The topological polar surface area (TPSA) is 49.4 Å². The Morgan fingerprint density at radius 3 is 2.33 bits per heavy atom. The van der Waals surface area contributed by atoms with Gasteiger partial charge in [0.1, 0.15) is 0 Å². The minimum Gasteiger partial charge on any atom is -0.201 e. The SMILES string of the molecule is CCCC(Cl)CNS(=O)(=O)N(C)C(C)C. The molecule has 0 saturated carbocycles. The molecule has 4 nitrogen and oxygen atoms in total. The van der Waals surface area contributed by atoms with Crippen molar-refractivity contribution in [1.82, 2.24) is 9.03 Å². The normalized spacial score (nSPS) is 14.9. The van der Waals surface area contributed by atoms with Crippen LogP contribution < -0.4 is 4.72 Å². The quantitative estimate of drug-likeness (QED) is 0.703. The molecule has 0 aliphatic heterocycles. The second-order valence-electron chi connectivity index (χ2n) is 3.85. The zero-order valence-corrected chi connectivity index (χ0v) is 11.4. The molecule has 15 heavy (non-hydrogen) atoms. The fraction of sp³-hybridized carbons (Fsp3) is 1.00. The number of nitrogens with zero attached hydrogens (tertiary/aromatic N) is 1. The Morgan fingerprint density at radius 2 is 1.93 bits per heavy atom. The Balaban J connectivity index is 4.16. The molecule has 0 aliphatic rings. The number of hydrogen-bond acceptors (Lipinski definition) is 2. The third-order valence-electron chi connectivity index (χ3n) is 2.20. The van der Waals surface area contributed by atoms with Crippen molar-refractivity contribution in [2.24, 2.45) is 0 Å². The van der Waals surface area contributed by atoms with E-state index < -0.39 is 10.2 Å². The van der Waals surface area contributed by atoms with Crippen LogP contribution in [-0.4, -0.2) is 37.7 Å². The van der Waals surface area contributed by atoms with Crippen molar-refractivity contribution in [3.05, 3.63) is 0 Å². The number of alkyl halides is 1. The molecule has 0 radical (unpaired) electrons. The van der Waals surface area contributed by atoms with Crippen molar-refractivity contribution in [2.45, 2.75) is 45.0 Å². The Hall–Kier alpha value is 0.160. The van der Waals surface area contributed by atoms with Crippen LogP contribution in [0.2, 0.25) is 0 Å². The van der Waals surface area contributed by atoms with Crippen LogP contribution in [0.1, 0.15) is 33.6 Å². The first-order valence-corrected chi connectivity index (χ1v) is 7.05. The molecule has 0 bridgehead atoms. The predicted molar refractivity (Wildman–Crippen MR) is 64.4 cm³/mol. The standard InChI is InChI=1S/C9H21ClN2O2S/c1-5-6-9(10)7-11-15(13,14)12(4)8(2)3/h8-9,11H,5-7H2,1-4H3. The average molecular weight is 257 g/mol. The summed E-state index contributed by atoms with van der Waals surface area (Å²) < 4.78 is 27.1. The lowest BCUT2D eigenvalue weighted by molar-refractivity contribution is 0.402. The maximum absolute atomic E-state index is 11.6. The molecule has 0 fully saturated rings. The first-order valence-electron chi connectivity index (χ1n) is 5.18. The van der Waals surface area contributed by atoms with Crippen LogP contribution in [0.15, 0.2) is 0 Å². The van der Waals surface area contributed by atoms with Crippen molar-refractivity contribution in [2.75, 3.05) is 13.6 Å². The van der Waals surface area contributed by atoms with Crippen molar-refractivity contribution >= 4 is 21.8 Å². The van der Waals surface area contributed by atoms with Crippen LogP contribution in [0.3, 0.4) is 0 Å². The fourth-order valence-corrected chi connectivity index (χ4v) is 2.55. The van der Waals surface area contributed by atoms with Crippen molar-refractivity contribution < 1.29 is 8.42 Å². The molecule has 0 heterocycles. The van der Waals surface area contributed by atoms with Crippen molar-refractivity contribution in [1.29, 1.82) is 0 Å². The summed E-state index contributed by atoms with van der Waals surface area (Å²) >= 11 is 5.93. The Morgan fingerprint density at radius 1 is 1.40 bits per heavy atom. The molecule has 1 N–H and O–H groups in total. The molecule has 0 rings (SSSR count). The van der Waals surface area contributed by atoms with Gasteiger partial charge in [-0.1, -0.05) is 13.3 Å². The maximum atomic E-state index is 11.6. The van der Waals surface area contributed by atoms with Gasteiger partial charge < -0.3 is 0 Å². The Bertz CT molecular complexity index is 267. The molecule has 92 valence electrons. The van der Waals surface area contributed by atoms with Gasteiger partial charge in [0.25, 0.3) is 10.2 Å². The summed E-state index contributed by atoms with van der Waals surface area (Å²) in [6.45, 7) is 5.95. The van der Waals surface area contributed by atoms with Crippen LogP contribution in [-0.2, 0) is 10.2 Å². The summed E-state index contributed by atoms with van der Waals surface area (Å²) in [5, 5.41) is -0.134. The molecule has 1 atom stereocenters. The lowest BCUT2D eigenvalue weighted by Gasteiger charge is -2.22. The van der Waals surface area contributed by atoms with Crippen molar-refractivity contribution in [3.63, 3.8) is 0 Å². The van der Waals surface area contributed by atoms with Crippen LogP contribution in [0.25, 0.3) is 0 Å². The monoisotopic (exact) mass is 256 g/mol. The first-order chi connectivity index (χ1) is 6.81. The molecule has 6 heteroatoms. The van der Waals surface area contributed by atoms with Gasteiger partial charge in [0.05, 0.1) is 0 Å². The van der Waals surface area contributed by atoms with Gasteiger partial charge in [-0.25, -0.2) is 4.72 Å². The van der Waals surface area contributed by atoms with Gasteiger partial charge in [0, 0.05) is 25.0 Å². The van der Waals surface area contributed by atoms with E-state index in [-0.39, 0.29) is 18.0 Å². The summed E-state index contributed by atoms with van der Waals surface area (Å²) in [5.74, 6) is 0. The van der Waals surface area contributed by atoms with Gasteiger partial charge in [0.15, 0.2) is 0 Å². The molecule has 0 aromatic rings. The largest absolute Gasteiger partial charge is 0.279 e. The second kappa shape index (κ2) is 6.68. The third-order valence-corrected chi connectivity index (χ3v) is 4.28. The smallest absolute Gasteiger partial charge is 0.201 e. The van der Waals surface area contributed by atoms with Gasteiger partial charge in [-0.3, -0.25) is 0 Å². The Kier molecular flexibility index (Phi) is 6.75. The van der Waals surface area contributed by atoms with Crippen molar-refractivity contribution in [3.8, 4) is 0 Å². The van der Waals surface area contributed by atoms with E-state index in [0.717, 1.165) is 12.8 Å². The number of halogens is 1. The molecule has 0 aromatic heterocycles. The van der Waals surface area contributed by atoms with E-state index in [1.54, 1.807) is 7.05 Å². The summed E-state index contributed by atoms with van der Waals surface area (Å²) in [5.41, 5.74) is 0. The maximum Gasteiger partial charge on any atom is 0.279 e. The summed E-state index contributed by atoms with van der Waals surface area (Å²) in [6.07, 6.45) is 1.77. The minimum absolute atomic E-state index is 0.0533. The molecular formula is C9H21ClN2O2S. The van der Waals surface area contributed by atoms with Gasteiger partial charge in [-0.05, 0) is 20.3 Å². The van der Waals surface area contributed by atoms with E-state index in [9.17, 15) is 8.42 Å². The summed E-state index contributed by atoms with van der Waals surface area (Å²) in [7, 11) is -1.82. The predicted octanol–water partition coefficient (Wildman–Crippen LogP) is 1.57. The van der Waals surface area contributed by atoms with Gasteiger partial charge in [-0.15, -0.1) is 11.6 Å². The third kappa shape index (κ3) is 5.70. The van der Waals surface area contributed by atoms with E-state index in [4.69, 9.17) is 11.6 Å².